The van der Waals surface area contributed by atoms with E-state index in [9.17, 15) is 19.5 Å². The number of hydrogen-bond donors (Lipinski definition) is 2. The monoisotopic (exact) mass is 486 g/mol. The summed E-state index contributed by atoms with van der Waals surface area (Å²) in [5.41, 5.74) is 1.24. The number of hydrogen-bond acceptors (Lipinski definition) is 4. The number of thiophene rings is 1. The van der Waals surface area contributed by atoms with E-state index in [1.54, 1.807) is 24.3 Å². The molecule has 0 unspecified atom stereocenters. The van der Waals surface area contributed by atoms with Gasteiger partial charge in [0.05, 0.1) is 6.54 Å². The number of unbranched alkanes of at least 4 members (excludes halogenated alkanes) is 9. The fourth-order valence-electron chi connectivity index (χ4n) is 3.87. The van der Waals surface area contributed by atoms with Crippen molar-refractivity contribution in [3.63, 3.8) is 0 Å². The molecule has 6 nitrogen and oxygen atoms in total. The fraction of sp³-hybridized carbons (Fsp3) is 0.519. The third-order valence-corrected chi connectivity index (χ3v) is 6.64. The van der Waals surface area contributed by atoms with Crippen LogP contribution in [0.3, 0.4) is 0 Å². The molecule has 1 heterocycles. The van der Waals surface area contributed by atoms with Gasteiger partial charge in [0.15, 0.2) is 0 Å². The van der Waals surface area contributed by atoms with Gasteiger partial charge in [-0.1, -0.05) is 82.9 Å². The number of carbonyl (C=O) groups excluding carboxylic acids is 2. The Morgan fingerprint density at radius 1 is 0.882 bits per heavy atom. The summed E-state index contributed by atoms with van der Waals surface area (Å²) in [6.07, 6.45) is 12.5. The topological polar surface area (TPSA) is 86.7 Å². The zero-order valence-electron chi connectivity index (χ0n) is 20.3. The molecular formula is C27H38N2O4S. The Morgan fingerprint density at radius 3 is 2.18 bits per heavy atom. The van der Waals surface area contributed by atoms with E-state index in [1.165, 1.54) is 67.6 Å². The molecule has 2 N–H and O–H groups in total. The summed E-state index contributed by atoms with van der Waals surface area (Å²) >= 11 is 1.47. The van der Waals surface area contributed by atoms with Crippen LogP contribution in [0.15, 0.2) is 41.8 Å². The van der Waals surface area contributed by atoms with Gasteiger partial charge in [-0.15, -0.1) is 11.3 Å². The minimum absolute atomic E-state index is 0.128. The molecule has 0 aliphatic rings. The summed E-state index contributed by atoms with van der Waals surface area (Å²) < 4.78 is 0. The molecular weight excluding hydrogens is 448 g/mol. The highest BCUT2D eigenvalue weighted by Crippen LogP contribution is 2.16. The first kappa shape index (κ1) is 27.6. The Hall–Kier alpha value is -2.67. The summed E-state index contributed by atoms with van der Waals surface area (Å²) in [6.45, 7) is 3.23. The number of aliphatic carboxylic acids is 1. The smallest absolute Gasteiger partial charge is 0.394 e. The second kappa shape index (κ2) is 16.0. The highest BCUT2D eigenvalue weighted by molar-refractivity contribution is 7.09. The molecule has 0 radical (unpaired) electrons. The average Bonchev–Trinajstić information content (AvgIpc) is 3.35. The van der Waals surface area contributed by atoms with E-state index < -0.39 is 11.9 Å². The largest absolute Gasteiger partial charge is 0.474 e. The molecule has 2 aromatic rings. The SMILES string of the molecule is CCCCCCCCCCCCNC(=O)c1cccc(CN(Cc2cccs2)C(=O)C(=O)O)c1. The summed E-state index contributed by atoms with van der Waals surface area (Å²) in [5, 5.41) is 14.0. The quantitative estimate of drug-likeness (QED) is 0.225. The van der Waals surface area contributed by atoms with E-state index >= 15 is 0 Å². The summed E-state index contributed by atoms with van der Waals surface area (Å²) in [5.74, 6) is -2.58. The number of nitrogens with zero attached hydrogens (tertiary/aromatic N) is 1. The molecule has 1 aromatic heterocycles. The minimum atomic E-state index is -1.48. The molecule has 2 amide bonds. The van der Waals surface area contributed by atoms with Crippen LogP contribution in [0.1, 0.15) is 91.9 Å². The lowest BCUT2D eigenvalue weighted by atomic mass is 10.1. The fourth-order valence-corrected chi connectivity index (χ4v) is 4.59. The molecule has 34 heavy (non-hydrogen) atoms. The maximum atomic E-state index is 12.6. The van der Waals surface area contributed by atoms with Crippen molar-refractivity contribution in [2.24, 2.45) is 0 Å². The highest BCUT2D eigenvalue weighted by atomic mass is 32.1. The predicted octanol–water partition coefficient (Wildman–Crippen LogP) is 6.01. The standard InChI is InChI=1S/C27H38N2O4S/c1-2-3-4-5-6-7-8-9-10-11-17-28-25(30)23-15-12-14-22(19-23)20-29(26(31)27(32)33)21-24-16-13-18-34-24/h12-16,18-19H,2-11,17,20-21H2,1H3,(H,28,30)(H,32,33). The van der Waals surface area contributed by atoms with Gasteiger partial charge in [-0.2, -0.15) is 0 Å². The Labute approximate surface area is 207 Å². The molecule has 0 aliphatic carbocycles. The second-order valence-electron chi connectivity index (χ2n) is 8.68. The lowest BCUT2D eigenvalue weighted by molar-refractivity contribution is -0.156. The van der Waals surface area contributed by atoms with Crippen molar-refractivity contribution in [1.82, 2.24) is 10.2 Å². The lowest BCUT2D eigenvalue weighted by Crippen LogP contribution is -2.35. The summed E-state index contributed by atoms with van der Waals surface area (Å²) in [6, 6.07) is 10.8. The maximum absolute atomic E-state index is 12.6. The van der Waals surface area contributed by atoms with Crippen LogP contribution in [0.4, 0.5) is 0 Å². The molecule has 0 bridgehead atoms. The Bertz CT molecular complexity index is 883. The van der Waals surface area contributed by atoms with E-state index in [1.807, 2.05) is 17.5 Å². The number of carboxylic acid groups (broad SMARTS) is 1. The van der Waals surface area contributed by atoms with Crippen LogP contribution in [0.2, 0.25) is 0 Å². The first-order valence-corrected chi connectivity index (χ1v) is 13.3. The number of benzene rings is 1. The van der Waals surface area contributed by atoms with Crippen LogP contribution in [-0.2, 0) is 22.7 Å². The summed E-state index contributed by atoms with van der Waals surface area (Å²) in [4.78, 5) is 38.2. The van der Waals surface area contributed by atoms with E-state index in [4.69, 9.17) is 0 Å². The van der Waals surface area contributed by atoms with Gasteiger partial charge >= 0.3 is 11.9 Å². The first-order valence-electron chi connectivity index (χ1n) is 12.4. The minimum Gasteiger partial charge on any atom is -0.474 e. The van der Waals surface area contributed by atoms with Gasteiger partial charge in [-0.25, -0.2) is 4.79 Å². The van der Waals surface area contributed by atoms with E-state index in [-0.39, 0.29) is 19.0 Å². The molecule has 0 aliphatic heterocycles. The Kier molecular flexibility index (Phi) is 13.0. The van der Waals surface area contributed by atoms with Crippen LogP contribution < -0.4 is 5.32 Å². The molecule has 0 spiro atoms. The van der Waals surface area contributed by atoms with Gasteiger partial charge in [-0.05, 0) is 35.6 Å². The second-order valence-corrected chi connectivity index (χ2v) is 9.72. The van der Waals surface area contributed by atoms with Crippen molar-refractivity contribution in [1.29, 1.82) is 0 Å². The van der Waals surface area contributed by atoms with Crippen LogP contribution in [0.5, 0.6) is 0 Å². The molecule has 7 heteroatoms. The number of carboxylic acids is 1. The normalized spacial score (nSPS) is 10.7. The van der Waals surface area contributed by atoms with Crippen LogP contribution in [-0.4, -0.2) is 34.3 Å². The van der Waals surface area contributed by atoms with Crippen LogP contribution in [0.25, 0.3) is 0 Å². The number of amides is 2. The van der Waals surface area contributed by atoms with Crippen molar-refractivity contribution < 1.29 is 19.5 Å². The zero-order valence-corrected chi connectivity index (χ0v) is 21.1. The van der Waals surface area contributed by atoms with Gasteiger partial charge in [0.2, 0.25) is 0 Å². The third kappa shape index (κ3) is 10.5. The molecule has 0 saturated carbocycles. The molecule has 0 atom stereocenters. The molecule has 1 aromatic carbocycles. The van der Waals surface area contributed by atoms with Gasteiger partial charge in [0, 0.05) is 23.5 Å². The molecule has 2 rings (SSSR count). The maximum Gasteiger partial charge on any atom is 0.394 e. The molecule has 186 valence electrons. The average molecular weight is 487 g/mol. The van der Waals surface area contributed by atoms with E-state index in [0.29, 0.717) is 12.1 Å². The van der Waals surface area contributed by atoms with Crippen molar-refractivity contribution >= 4 is 29.1 Å². The van der Waals surface area contributed by atoms with Gasteiger partial charge in [-0.3, -0.25) is 9.59 Å². The van der Waals surface area contributed by atoms with Gasteiger partial charge < -0.3 is 15.3 Å². The van der Waals surface area contributed by atoms with E-state index in [0.717, 1.165) is 23.3 Å². The number of carbonyl (C=O) groups is 3. The first-order chi connectivity index (χ1) is 16.5. The van der Waals surface area contributed by atoms with Crippen molar-refractivity contribution in [3.8, 4) is 0 Å². The molecule has 0 saturated heterocycles. The van der Waals surface area contributed by atoms with Crippen LogP contribution in [0, 0.1) is 0 Å². The van der Waals surface area contributed by atoms with Crippen molar-refractivity contribution in [2.45, 2.75) is 84.2 Å². The summed E-state index contributed by atoms with van der Waals surface area (Å²) in [7, 11) is 0. The van der Waals surface area contributed by atoms with E-state index in [2.05, 4.69) is 12.2 Å². The van der Waals surface area contributed by atoms with Gasteiger partial charge in [0.25, 0.3) is 5.91 Å². The number of rotatable bonds is 16. The highest BCUT2D eigenvalue weighted by Gasteiger charge is 2.22. The third-order valence-electron chi connectivity index (χ3n) is 5.78. The Balaban J connectivity index is 1.75. The predicted molar refractivity (Wildman–Crippen MR) is 137 cm³/mol. The lowest BCUT2D eigenvalue weighted by Gasteiger charge is -2.20. The van der Waals surface area contributed by atoms with Crippen molar-refractivity contribution in [2.75, 3.05) is 6.54 Å². The zero-order chi connectivity index (χ0) is 24.6. The van der Waals surface area contributed by atoms with Crippen LogP contribution >= 0.6 is 11.3 Å². The molecule has 0 fully saturated rings. The Morgan fingerprint density at radius 2 is 1.56 bits per heavy atom. The van der Waals surface area contributed by atoms with Gasteiger partial charge in [0.1, 0.15) is 0 Å². The number of nitrogens with one attached hydrogen (secondary N) is 1. The van der Waals surface area contributed by atoms with Crippen molar-refractivity contribution in [3.05, 3.63) is 57.8 Å².